The summed E-state index contributed by atoms with van der Waals surface area (Å²) in [6.07, 6.45) is 6.32. The van der Waals surface area contributed by atoms with Gasteiger partial charge in [-0.2, -0.15) is 0 Å². The van der Waals surface area contributed by atoms with Crippen molar-refractivity contribution < 1.29 is 4.79 Å². The largest absolute Gasteiger partial charge is 0.347 e. The van der Waals surface area contributed by atoms with Gasteiger partial charge in [0.2, 0.25) is 0 Å². The number of hydrogen-bond donors (Lipinski definition) is 1. The van der Waals surface area contributed by atoms with Gasteiger partial charge in [-0.3, -0.25) is 4.79 Å². The van der Waals surface area contributed by atoms with Crippen LogP contribution in [0.25, 0.3) is 10.9 Å². The monoisotopic (exact) mass is 362 g/mol. The lowest BCUT2D eigenvalue weighted by Crippen LogP contribution is -2.18. The number of hydrogen-bond acceptors (Lipinski definition) is 3. The molecule has 0 spiro atoms. The number of aryl methyl sites for hydroxylation is 2. The first-order valence-electron chi connectivity index (χ1n) is 9.60. The van der Waals surface area contributed by atoms with E-state index in [1.807, 2.05) is 20.2 Å². The molecule has 27 heavy (non-hydrogen) atoms. The Labute approximate surface area is 160 Å². The van der Waals surface area contributed by atoms with Crippen molar-refractivity contribution in [1.82, 2.24) is 14.5 Å². The van der Waals surface area contributed by atoms with Gasteiger partial charge in [-0.05, 0) is 49.1 Å². The maximum Gasteiger partial charge on any atom is 0.254 e. The van der Waals surface area contributed by atoms with E-state index in [2.05, 4.69) is 53.1 Å². The average molecular weight is 362 g/mol. The Morgan fingerprint density at radius 2 is 2.07 bits per heavy atom. The SMILES string of the molecule is CCCCn1ccc2c(Nc3c(C)cc4c(c3C)C(=O)N(C)C4)nccc21. The van der Waals surface area contributed by atoms with E-state index in [0.717, 1.165) is 52.1 Å². The highest BCUT2D eigenvalue weighted by atomic mass is 16.2. The van der Waals surface area contributed by atoms with Gasteiger partial charge in [0.05, 0.1) is 5.52 Å². The molecular weight excluding hydrogens is 336 g/mol. The molecule has 1 aromatic carbocycles. The smallest absolute Gasteiger partial charge is 0.254 e. The van der Waals surface area contributed by atoms with Crippen molar-refractivity contribution in [2.75, 3.05) is 12.4 Å². The third-order valence-electron chi connectivity index (χ3n) is 5.52. The Morgan fingerprint density at radius 1 is 1.26 bits per heavy atom. The lowest BCUT2D eigenvalue weighted by molar-refractivity contribution is 0.0816. The maximum atomic E-state index is 12.5. The molecule has 0 saturated carbocycles. The van der Waals surface area contributed by atoms with E-state index in [0.29, 0.717) is 6.54 Å². The summed E-state index contributed by atoms with van der Waals surface area (Å²) in [5.41, 5.74) is 6.26. The standard InChI is InChI=1S/C22H26N4O/c1-5-6-10-26-11-8-17-18(26)7-9-23-21(17)24-20-14(2)12-16-13-25(4)22(27)19(16)15(20)3/h7-9,11-12H,5-6,10,13H2,1-4H3,(H,23,24). The molecule has 0 aliphatic carbocycles. The van der Waals surface area contributed by atoms with Gasteiger partial charge in [0.25, 0.3) is 5.91 Å². The van der Waals surface area contributed by atoms with Gasteiger partial charge in [0.1, 0.15) is 5.82 Å². The number of nitrogens with one attached hydrogen (secondary N) is 1. The van der Waals surface area contributed by atoms with Crippen molar-refractivity contribution >= 4 is 28.3 Å². The van der Waals surface area contributed by atoms with Gasteiger partial charge in [-0.1, -0.05) is 19.4 Å². The van der Waals surface area contributed by atoms with Crippen LogP contribution in [0.5, 0.6) is 0 Å². The van der Waals surface area contributed by atoms with Crippen molar-refractivity contribution in [3.63, 3.8) is 0 Å². The summed E-state index contributed by atoms with van der Waals surface area (Å²) in [4.78, 5) is 18.9. The number of carbonyl (C=O) groups is 1. The van der Waals surface area contributed by atoms with Crippen LogP contribution in [0.3, 0.4) is 0 Å². The predicted octanol–water partition coefficient (Wildman–Crippen LogP) is 4.78. The summed E-state index contributed by atoms with van der Waals surface area (Å²) in [5, 5.41) is 4.63. The van der Waals surface area contributed by atoms with Gasteiger partial charge in [-0.25, -0.2) is 4.98 Å². The van der Waals surface area contributed by atoms with Crippen molar-refractivity contribution in [1.29, 1.82) is 0 Å². The number of unbranched alkanes of at least 4 members (excludes halogenated alkanes) is 1. The fraction of sp³-hybridized carbons (Fsp3) is 0.364. The number of aromatic nitrogens is 2. The maximum absolute atomic E-state index is 12.5. The molecule has 2 aromatic heterocycles. The van der Waals surface area contributed by atoms with Gasteiger partial charge in [0.15, 0.2) is 0 Å². The number of nitrogens with zero attached hydrogens (tertiary/aromatic N) is 3. The summed E-state index contributed by atoms with van der Waals surface area (Å²) in [6, 6.07) is 6.31. The summed E-state index contributed by atoms with van der Waals surface area (Å²) in [5.74, 6) is 0.940. The molecular formula is C22H26N4O. The lowest BCUT2D eigenvalue weighted by atomic mass is 9.98. The molecule has 0 bridgehead atoms. The predicted molar refractivity (Wildman–Crippen MR) is 110 cm³/mol. The zero-order chi connectivity index (χ0) is 19.1. The molecule has 0 fully saturated rings. The normalized spacial score (nSPS) is 13.5. The van der Waals surface area contributed by atoms with Gasteiger partial charge in [-0.15, -0.1) is 0 Å². The molecule has 1 N–H and O–H groups in total. The molecule has 0 saturated heterocycles. The van der Waals surface area contributed by atoms with Crippen molar-refractivity contribution in [3.8, 4) is 0 Å². The molecule has 140 valence electrons. The molecule has 4 rings (SSSR count). The molecule has 5 heteroatoms. The van der Waals surface area contributed by atoms with E-state index < -0.39 is 0 Å². The minimum atomic E-state index is 0.0995. The van der Waals surface area contributed by atoms with E-state index in [1.54, 1.807) is 4.90 Å². The first-order chi connectivity index (χ1) is 13.0. The molecule has 0 radical (unpaired) electrons. The minimum absolute atomic E-state index is 0.0995. The Balaban J connectivity index is 1.76. The third kappa shape index (κ3) is 2.87. The van der Waals surface area contributed by atoms with E-state index in [9.17, 15) is 4.79 Å². The minimum Gasteiger partial charge on any atom is -0.347 e. The van der Waals surface area contributed by atoms with Crippen molar-refractivity contribution in [3.05, 3.63) is 52.8 Å². The Kier molecular flexibility index (Phi) is 4.38. The molecule has 0 unspecified atom stereocenters. The van der Waals surface area contributed by atoms with Crippen LogP contribution in [0.15, 0.2) is 30.6 Å². The van der Waals surface area contributed by atoms with Crippen LogP contribution in [0, 0.1) is 13.8 Å². The number of amides is 1. The highest BCUT2D eigenvalue weighted by molar-refractivity contribution is 6.02. The van der Waals surface area contributed by atoms with E-state index in [-0.39, 0.29) is 5.91 Å². The third-order valence-corrected chi connectivity index (χ3v) is 5.52. The fourth-order valence-corrected chi connectivity index (χ4v) is 4.06. The second-order valence-corrected chi connectivity index (χ2v) is 7.47. The van der Waals surface area contributed by atoms with Crippen LogP contribution in [-0.4, -0.2) is 27.4 Å². The summed E-state index contributed by atoms with van der Waals surface area (Å²) < 4.78 is 2.28. The molecule has 3 heterocycles. The Bertz CT molecular complexity index is 1030. The molecule has 3 aromatic rings. The zero-order valence-corrected chi connectivity index (χ0v) is 16.5. The summed E-state index contributed by atoms with van der Waals surface area (Å²) >= 11 is 0. The van der Waals surface area contributed by atoms with Crippen molar-refractivity contribution in [2.45, 2.75) is 46.7 Å². The van der Waals surface area contributed by atoms with Gasteiger partial charge < -0.3 is 14.8 Å². The second kappa shape index (κ2) is 6.72. The molecule has 5 nitrogen and oxygen atoms in total. The highest BCUT2D eigenvalue weighted by Gasteiger charge is 2.28. The number of fused-ring (bicyclic) bond motifs is 2. The number of benzene rings is 1. The van der Waals surface area contributed by atoms with Crippen molar-refractivity contribution in [2.24, 2.45) is 0 Å². The Hall–Kier alpha value is -2.82. The summed E-state index contributed by atoms with van der Waals surface area (Å²) in [7, 11) is 1.85. The highest BCUT2D eigenvalue weighted by Crippen LogP contribution is 2.35. The van der Waals surface area contributed by atoms with Gasteiger partial charge >= 0.3 is 0 Å². The fourth-order valence-electron chi connectivity index (χ4n) is 4.06. The number of pyridine rings is 1. The van der Waals surface area contributed by atoms with E-state index in [4.69, 9.17) is 0 Å². The Morgan fingerprint density at radius 3 is 2.85 bits per heavy atom. The van der Waals surface area contributed by atoms with Gasteiger partial charge in [0, 0.05) is 49.2 Å². The average Bonchev–Trinajstić information content (AvgIpc) is 3.18. The molecule has 1 aliphatic rings. The zero-order valence-electron chi connectivity index (χ0n) is 16.5. The van der Waals surface area contributed by atoms with E-state index in [1.165, 1.54) is 11.9 Å². The first kappa shape index (κ1) is 17.6. The van der Waals surface area contributed by atoms with Crippen LogP contribution in [0.4, 0.5) is 11.5 Å². The lowest BCUT2D eigenvalue weighted by Gasteiger charge is -2.16. The van der Waals surface area contributed by atoms with Crippen LogP contribution in [0.2, 0.25) is 0 Å². The van der Waals surface area contributed by atoms with E-state index >= 15 is 0 Å². The number of carbonyl (C=O) groups excluding carboxylic acids is 1. The molecule has 0 atom stereocenters. The summed E-state index contributed by atoms with van der Waals surface area (Å²) in [6.45, 7) is 8.02. The second-order valence-electron chi connectivity index (χ2n) is 7.47. The first-order valence-corrected chi connectivity index (χ1v) is 9.60. The van der Waals surface area contributed by atoms with Crippen LogP contribution >= 0.6 is 0 Å². The topological polar surface area (TPSA) is 50.2 Å². The number of rotatable bonds is 5. The quantitative estimate of drug-likeness (QED) is 0.710. The molecule has 1 amide bonds. The van der Waals surface area contributed by atoms with Crippen LogP contribution < -0.4 is 5.32 Å². The van der Waals surface area contributed by atoms with Crippen LogP contribution in [0.1, 0.15) is 46.8 Å². The molecule has 1 aliphatic heterocycles. The van der Waals surface area contributed by atoms with Crippen LogP contribution in [-0.2, 0) is 13.1 Å². The number of anilines is 2.